The van der Waals surface area contributed by atoms with Gasteiger partial charge in [0.05, 0.1) is 26.2 Å². The second kappa shape index (κ2) is 7.58. The van der Waals surface area contributed by atoms with E-state index in [1.165, 1.54) is 18.8 Å². The third kappa shape index (κ3) is 3.91. The number of nitrogens with zero attached hydrogens (tertiary/aromatic N) is 9. The van der Waals surface area contributed by atoms with E-state index < -0.39 is 22.8 Å². The normalized spacial score (nSPS) is 15.0. The molecule has 31 heavy (non-hydrogen) atoms. The lowest BCUT2D eigenvalue weighted by molar-refractivity contribution is -0.0567. The van der Waals surface area contributed by atoms with Crippen LogP contribution in [0, 0.1) is 0 Å². The lowest BCUT2D eigenvalue weighted by Gasteiger charge is -2.33. The predicted octanol–water partition coefficient (Wildman–Crippen LogP) is -0.686. The van der Waals surface area contributed by atoms with E-state index in [4.69, 9.17) is 4.74 Å². The van der Waals surface area contributed by atoms with Crippen molar-refractivity contribution < 1.29 is 14.6 Å². The van der Waals surface area contributed by atoms with Gasteiger partial charge in [-0.2, -0.15) is 0 Å². The maximum Gasteiger partial charge on any atom is 0.296 e. The van der Waals surface area contributed by atoms with Gasteiger partial charge in [0, 0.05) is 26.5 Å². The van der Waals surface area contributed by atoms with E-state index in [9.17, 15) is 14.7 Å². The molecule has 0 fully saturated rings. The van der Waals surface area contributed by atoms with Crippen molar-refractivity contribution in [2.24, 2.45) is 14.1 Å². The summed E-state index contributed by atoms with van der Waals surface area (Å²) < 4.78 is 10.1. The van der Waals surface area contributed by atoms with Gasteiger partial charge < -0.3 is 14.7 Å². The number of ether oxygens (including phenoxy) is 1. The van der Waals surface area contributed by atoms with Gasteiger partial charge in [-0.1, -0.05) is 10.4 Å². The van der Waals surface area contributed by atoms with Crippen molar-refractivity contribution in [2.75, 3.05) is 6.61 Å². The highest BCUT2D eigenvalue weighted by atomic mass is 16.5. The maximum atomic E-state index is 13.4. The number of hydrogen-bond donors (Lipinski definition) is 1. The van der Waals surface area contributed by atoms with E-state index in [0.717, 1.165) is 0 Å². The number of carbonyl (C=O) groups is 1. The lowest BCUT2D eigenvalue weighted by atomic mass is 10.1. The zero-order valence-corrected chi connectivity index (χ0v) is 17.7. The minimum absolute atomic E-state index is 0.0721. The Morgan fingerprint density at radius 3 is 2.26 bits per heavy atom. The quantitative estimate of drug-likeness (QED) is 0.557. The first-order valence-corrected chi connectivity index (χ1v) is 9.63. The van der Waals surface area contributed by atoms with Crippen LogP contribution in [0.4, 0.5) is 0 Å². The minimum atomic E-state index is -0.888. The van der Waals surface area contributed by atoms with Crippen LogP contribution in [0.25, 0.3) is 0 Å². The highest BCUT2D eigenvalue weighted by molar-refractivity contribution is 5.94. The summed E-state index contributed by atoms with van der Waals surface area (Å²) in [6.45, 7) is 4.21. The lowest BCUT2D eigenvalue weighted by Crippen LogP contribution is -2.42. The van der Waals surface area contributed by atoms with Gasteiger partial charge in [0.1, 0.15) is 22.8 Å². The van der Waals surface area contributed by atoms with E-state index in [-0.39, 0.29) is 31.2 Å². The van der Waals surface area contributed by atoms with E-state index in [2.05, 4.69) is 25.6 Å². The molecule has 0 spiro atoms. The average molecular weight is 429 g/mol. The Labute approximate surface area is 176 Å². The molecule has 1 N–H and O–H groups in total. The Morgan fingerprint density at radius 2 is 1.74 bits per heavy atom. The molecule has 3 aromatic heterocycles. The molecule has 0 unspecified atom stereocenters. The van der Waals surface area contributed by atoms with E-state index >= 15 is 0 Å². The third-order valence-corrected chi connectivity index (χ3v) is 4.96. The molecule has 0 atom stereocenters. The number of rotatable bonds is 5. The van der Waals surface area contributed by atoms with Gasteiger partial charge in [0.15, 0.2) is 5.69 Å². The molecule has 0 radical (unpaired) electrons. The average Bonchev–Trinajstić information content (AvgIpc) is 3.31. The van der Waals surface area contributed by atoms with Gasteiger partial charge in [-0.3, -0.25) is 23.5 Å². The summed E-state index contributed by atoms with van der Waals surface area (Å²) >= 11 is 0. The molecule has 0 aliphatic carbocycles. The van der Waals surface area contributed by atoms with Crippen molar-refractivity contribution in [2.45, 2.75) is 39.1 Å². The summed E-state index contributed by atoms with van der Waals surface area (Å²) in [5.74, 6) is -1.06. The predicted molar refractivity (Wildman–Crippen MR) is 105 cm³/mol. The zero-order valence-electron chi connectivity index (χ0n) is 17.7. The summed E-state index contributed by atoms with van der Waals surface area (Å²) in [7, 11) is 3.43. The van der Waals surface area contributed by atoms with Crippen LogP contribution >= 0.6 is 0 Å². The molecular weight excluding hydrogens is 406 g/mol. The number of aromatic nitrogens is 8. The van der Waals surface area contributed by atoms with Crippen LogP contribution in [0.15, 0.2) is 17.2 Å². The fourth-order valence-corrected chi connectivity index (χ4v) is 3.49. The number of hydrogen-bond acceptors (Lipinski definition) is 9. The summed E-state index contributed by atoms with van der Waals surface area (Å²) in [5, 5.41) is 26.3. The van der Waals surface area contributed by atoms with E-state index in [0.29, 0.717) is 18.0 Å². The molecule has 4 heterocycles. The fourth-order valence-electron chi connectivity index (χ4n) is 3.49. The van der Waals surface area contributed by atoms with Crippen LogP contribution in [0.5, 0.6) is 5.75 Å². The SMILES string of the molecule is Cn1cc(CN(Cc2cn(C)nn2)C(=O)c2nc3n(c(=O)c2O)CCOC3(C)C)nn1. The van der Waals surface area contributed by atoms with Gasteiger partial charge in [-0.15, -0.1) is 10.2 Å². The van der Waals surface area contributed by atoms with Crippen LogP contribution in [-0.2, 0) is 44.1 Å². The Bertz CT molecular complexity index is 1150. The smallest absolute Gasteiger partial charge is 0.296 e. The summed E-state index contributed by atoms with van der Waals surface area (Å²) in [4.78, 5) is 31.9. The van der Waals surface area contributed by atoms with Crippen LogP contribution in [0.1, 0.15) is 41.5 Å². The van der Waals surface area contributed by atoms with Crippen molar-refractivity contribution in [3.05, 3.63) is 45.7 Å². The molecule has 1 aliphatic rings. The Kier molecular flexibility index (Phi) is 5.05. The second-order valence-electron chi connectivity index (χ2n) is 7.88. The highest BCUT2D eigenvalue weighted by Gasteiger charge is 2.35. The number of aryl methyl sites for hydroxylation is 2. The van der Waals surface area contributed by atoms with Gasteiger partial charge in [-0.05, 0) is 13.8 Å². The first-order valence-electron chi connectivity index (χ1n) is 9.63. The van der Waals surface area contributed by atoms with Gasteiger partial charge in [-0.25, -0.2) is 4.98 Å². The fraction of sp³-hybridized carbons (Fsp3) is 0.500. The van der Waals surface area contributed by atoms with Crippen molar-refractivity contribution in [1.29, 1.82) is 0 Å². The molecule has 4 rings (SSSR count). The summed E-state index contributed by atoms with van der Waals surface area (Å²) in [5.41, 5.74) is -0.859. The molecule has 0 bridgehead atoms. The van der Waals surface area contributed by atoms with Crippen molar-refractivity contribution in [1.82, 2.24) is 44.4 Å². The van der Waals surface area contributed by atoms with Crippen LogP contribution < -0.4 is 5.56 Å². The Balaban J connectivity index is 1.75. The molecule has 1 amide bonds. The first kappa shape index (κ1) is 20.7. The monoisotopic (exact) mass is 429 g/mol. The van der Waals surface area contributed by atoms with Gasteiger partial charge in [0.2, 0.25) is 5.75 Å². The molecule has 0 aromatic carbocycles. The molecule has 3 aromatic rings. The number of fused-ring (bicyclic) bond motifs is 1. The highest BCUT2D eigenvalue weighted by Crippen LogP contribution is 2.28. The minimum Gasteiger partial charge on any atom is -0.501 e. The topological polar surface area (TPSA) is 146 Å². The maximum absolute atomic E-state index is 13.4. The molecule has 13 nitrogen and oxygen atoms in total. The number of aromatic hydroxyl groups is 1. The van der Waals surface area contributed by atoms with Crippen LogP contribution in [0.3, 0.4) is 0 Å². The van der Waals surface area contributed by atoms with Crippen molar-refractivity contribution in [3.63, 3.8) is 0 Å². The van der Waals surface area contributed by atoms with Crippen LogP contribution in [-0.4, -0.2) is 62.1 Å². The molecule has 1 aliphatic heterocycles. The standard InChI is InChI=1S/C18H23N9O4/c1-18(2)17-19-13(14(28)16(30)27(17)5-6-31-18)15(29)26(9-11-7-24(3)22-20-11)10-12-8-25(4)23-21-12/h7-8,28H,5-6,9-10H2,1-4H3. The molecule has 164 valence electrons. The largest absolute Gasteiger partial charge is 0.501 e. The second-order valence-corrected chi connectivity index (χ2v) is 7.88. The Hall–Kier alpha value is -3.61. The number of carbonyl (C=O) groups excluding carboxylic acids is 1. The molecule has 0 saturated heterocycles. The third-order valence-electron chi connectivity index (χ3n) is 4.96. The van der Waals surface area contributed by atoms with E-state index in [1.807, 2.05) is 0 Å². The molecule has 0 saturated carbocycles. The van der Waals surface area contributed by atoms with Gasteiger partial charge in [0.25, 0.3) is 11.5 Å². The summed E-state index contributed by atoms with van der Waals surface area (Å²) in [6, 6.07) is 0. The Morgan fingerprint density at radius 1 is 1.16 bits per heavy atom. The zero-order chi connectivity index (χ0) is 22.3. The first-order chi connectivity index (χ1) is 14.7. The van der Waals surface area contributed by atoms with E-state index in [1.54, 1.807) is 40.3 Å². The molecule has 13 heteroatoms. The number of amides is 1. The molecular formula is C18H23N9O4. The summed E-state index contributed by atoms with van der Waals surface area (Å²) in [6.07, 6.45) is 3.34. The van der Waals surface area contributed by atoms with Crippen LogP contribution in [0.2, 0.25) is 0 Å². The van der Waals surface area contributed by atoms with Gasteiger partial charge >= 0.3 is 0 Å². The van der Waals surface area contributed by atoms with Crippen molar-refractivity contribution in [3.8, 4) is 5.75 Å². The van der Waals surface area contributed by atoms with Crippen molar-refractivity contribution >= 4 is 5.91 Å².